The van der Waals surface area contributed by atoms with Crippen LogP contribution in [0.1, 0.15) is 18.1 Å². The summed E-state index contributed by atoms with van der Waals surface area (Å²) in [6, 6.07) is 3.04. The van der Waals surface area contributed by atoms with Crippen LogP contribution in [0, 0.1) is 13.8 Å². The highest BCUT2D eigenvalue weighted by Gasteiger charge is 2.17. The Balaban J connectivity index is 2.60. The number of carboxylic acids is 1. The van der Waals surface area contributed by atoms with Gasteiger partial charge in [-0.25, -0.2) is 9.59 Å². The number of carboxylic acid groups (broad SMARTS) is 1. The number of benzene rings is 1. The van der Waals surface area contributed by atoms with E-state index in [1.807, 2.05) is 0 Å². The van der Waals surface area contributed by atoms with Crippen LogP contribution in [0.4, 0.5) is 0 Å². The molecule has 20 heavy (non-hydrogen) atoms. The molecule has 1 unspecified atom stereocenters. The van der Waals surface area contributed by atoms with Crippen molar-refractivity contribution in [2.75, 3.05) is 0 Å². The van der Waals surface area contributed by atoms with E-state index in [0.29, 0.717) is 16.5 Å². The number of carbonyl (C=O) groups is 1. The molecular weight excluding hydrogens is 284 g/mol. The van der Waals surface area contributed by atoms with Gasteiger partial charge in [-0.05, 0) is 32.4 Å². The van der Waals surface area contributed by atoms with Gasteiger partial charge in [-0.3, -0.25) is 0 Å². The third-order valence-electron chi connectivity index (χ3n) is 3.16. The number of hydrogen-bond donors (Lipinski definition) is 1. The van der Waals surface area contributed by atoms with E-state index >= 15 is 0 Å². The highest BCUT2D eigenvalue weighted by molar-refractivity contribution is 6.32. The lowest BCUT2D eigenvalue weighted by Crippen LogP contribution is -2.23. The molecule has 1 aromatic carbocycles. The van der Waals surface area contributed by atoms with Crippen molar-refractivity contribution in [2.45, 2.75) is 26.9 Å². The van der Waals surface area contributed by atoms with Gasteiger partial charge in [0.25, 0.3) is 0 Å². The summed E-state index contributed by atoms with van der Waals surface area (Å²) in [5, 5.41) is 9.79. The summed E-state index contributed by atoms with van der Waals surface area (Å²) in [6.45, 7) is 4.86. The van der Waals surface area contributed by atoms with Crippen molar-refractivity contribution in [1.82, 2.24) is 0 Å². The Bertz CT molecular complexity index is 747. The number of ether oxygens (including phenoxy) is 1. The Morgan fingerprint density at radius 1 is 1.35 bits per heavy atom. The molecule has 1 N–H and O–H groups in total. The normalized spacial score (nSPS) is 12.4. The summed E-state index contributed by atoms with van der Waals surface area (Å²) < 4.78 is 10.4. The molecule has 106 valence electrons. The fraction of sp³-hybridized carbons (Fsp3) is 0.286. The van der Waals surface area contributed by atoms with Crippen molar-refractivity contribution in [3.05, 3.63) is 38.7 Å². The number of rotatable bonds is 3. The Morgan fingerprint density at radius 2 is 2.00 bits per heavy atom. The van der Waals surface area contributed by atoms with E-state index in [1.165, 1.54) is 13.0 Å². The molecule has 2 rings (SSSR count). The number of aryl methyl sites for hydroxylation is 1. The molecule has 0 aliphatic rings. The van der Waals surface area contributed by atoms with E-state index < -0.39 is 17.7 Å². The molecule has 5 nitrogen and oxygen atoms in total. The monoisotopic (exact) mass is 296 g/mol. The Kier molecular flexibility index (Phi) is 3.72. The standard InChI is InChI=1S/C14H13ClO5/c1-6-7(2)14(18)20-11-5-12(10(15)4-9(6)11)19-8(3)13(16)17/h4-5,8H,1-3H3,(H,16,17). The van der Waals surface area contributed by atoms with Crippen LogP contribution in [0.25, 0.3) is 11.0 Å². The molecule has 0 aliphatic carbocycles. The molecule has 2 aromatic rings. The van der Waals surface area contributed by atoms with E-state index in [0.717, 1.165) is 5.56 Å². The van der Waals surface area contributed by atoms with Crippen LogP contribution in [0.2, 0.25) is 5.02 Å². The summed E-state index contributed by atoms with van der Waals surface area (Å²) in [7, 11) is 0. The fourth-order valence-corrected chi connectivity index (χ4v) is 1.98. The Labute approximate surface area is 119 Å². The van der Waals surface area contributed by atoms with Crippen LogP contribution in [0.15, 0.2) is 21.3 Å². The molecule has 0 spiro atoms. The molecule has 0 aliphatic heterocycles. The first-order valence-electron chi connectivity index (χ1n) is 5.94. The molecule has 1 aromatic heterocycles. The molecule has 0 fully saturated rings. The second kappa shape index (κ2) is 5.17. The molecule has 0 amide bonds. The largest absolute Gasteiger partial charge is 0.479 e. The van der Waals surface area contributed by atoms with Crippen LogP contribution in [0.5, 0.6) is 5.75 Å². The lowest BCUT2D eigenvalue weighted by molar-refractivity contribution is -0.144. The highest BCUT2D eigenvalue weighted by atomic mass is 35.5. The molecule has 6 heteroatoms. The first kappa shape index (κ1) is 14.4. The topological polar surface area (TPSA) is 76.7 Å². The van der Waals surface area contributed by atoms with Crippen LogP contribution in [0.3, 0.4) is 0 Å². The summed E-state index contributed by atoms with van der Waals surface area (Å²) in [4.78, 5) is 22.4. The van der Waals surface area contributed by atoms with E-state index in [4.69, 9.17) is 25.9 Å². The minimum atomic E-state index is -1.11. The van der Waals surface area contributed by atoms with Gasteiger partial charge in [-0.15, -0.1) is 0 Å². The minimum Gasteiger partial charge on any atom is -0.479 e. The summed E-state index contributed by atoms with van der Waals surface area (Å²) in [5.74, 6) is -0.942. The maximum absolute atomic E-state index is 11.6. The van der Waals surface area contributed by atoms with Gasteiger partial charge in [-0.2, -0.15) is 0 Å². The van der Waals surface area contributed by atoms with Gasteiger partial charge in [-0.1, -0.05) is 11.6 Å². The zero-order chi connectivity index (χ0) is 15.0. The zero-order valence-corrected chi connectivity index (χ0v) is 11.9. The third kappa shape index (κ3) is 2.49. The van der Waals surface area contributed by atoms with E-state index in [9.17, 15) is 9.59 Å². The number of hydrogen-bond acceptors (Lipinski definition) is 4. The van der Waals surface area contributed by atoms with E-state index in [2.05, 4.69) is 0 Å². The van der Waals surface area contributed by atoms with Crippen molar-refractivity contribution in [1.29, 1.82) is 0 Å². The molecule has 0 bridgehead atoms. The third-order valence-corrected chi connectivity index (χ3v) is 3.46. The predicted octanol–water partition coefficient (Wildman–Crippen LogP) is 2.92. The Hall–Kier alpha value is -2.01. The van der Waals surface area contributed by atoms with Gasteiger partial charge in [0, 0.05) is 17.0 Å². The van der Waals surface area contributed by atoms with Crippen molar-refractivity contribution in [3.8, 4) is 5.75 Å². The van der Waals surface area contributed by atoms with Crippen LogP contribution < -0.4 is 10.4 Å². The lowest BCUT2D eigenvalue weighted by atomic mass is 10.1. The first-order chi connectivity index (χ1) is 9.31. The second-order valence-electron chi connectivity index (χ2n) is 4.52. The van der Waals surface area contributed by atoms with Crippen molar-refractivity contribution in [3.63, 3.8) is 0 Å². The maximum atomic E-state index is 11.6. The first-order valence-corrected chi connectivity index (χ1v) is 6.32. The highest BCUT2D eigenvalue weighted by Crippen LogP contribution is 2.32. The molecule has 0 saturated carbocycles. The average molecular weight is 297 g/mol. The molecular formula is C14H13ClO5. The molecule has 1 atom stereocenters. The average Bonchev–Trinajstić information content (AvgIpc) is 2.38. The minimum absolute atomic E-state index is 0.167. The summed E-state index contributed by atoms with van der Waals surface area (Å²) >= 11 is 6.08. The molecule has 0 saturated heterocycles. The molecule has 0 radical (unpaired) electrons. The SMILES string of the molecule is Cc1c(C)c2cc(Cl)c(OC(C)C(=O)O)cc2oc1=O. The maximum Gasteiger partial charge on any atom is 0.344 e. The number of aliphatic carboxylic acids is 1. The van der Waals surface area contributed by atoms with E-state index in [1.54, 1.807) is 19.9 Å². The van der Waals surface area contributed by atoms with Gasteiger partial charge in [0.1, 0.15) is 11.3 Å². The second-order valence-corrected chi connectivity index (χ2v) is 4.92. The number of fused-ring (bicyclic) bond motifs is 1. The van der Waals surface area contributed by atoms with Crippen LogP contribution in [-0.4, -0.2) is 17.2 Å². The van der Waals surface area contributed by atoms with Gasteiger partial charge in [0.15, 0.2) is 6.10 Å². The van der Waals surface area contributed by atoms with Crippen molar-refractivity contribution < 1.29 is 19.1 Å². The van der Waals surface area contributed by atoms with Crippen molar-refractivity contribution in [2.24, 2.45) is 0 Å². The van der Waals surface area contributed by atoms with E-state index in [-0.39, 0.29) is 10.8 Å². The predicted molar refractivity (Wildman–Crippen MR) is 74.7 cm³/mol. The summed E-state index contributed by atoms with van der Waals surface area (Å²) in [5.41, 5.74) is 1.17. The molecule has 1 heterocycles. The quantitative estimate of drug-likeness (QED) is 0.881. The van der Waals surface area contributed by atoms with Gasteiger partial charge >= 0.3 is 11.6 Å². The van der Waals surface area contributed by atoms with Crippen LogP contribution >= 0.6 is 11.6 Å². The number of halogens is 1. The smallest absolute Gasteiger partial charge is 0.344 e. The fourth-order valence-electron chi connectivity index (χ4n) is 1.77. The van der Waals surface area contributed by atoms with Gasteiger partial charge < -0.3 is 14.3 Å². The Morgan fingerprint density at radius 3 is 2.60 bits per heavy atom. The lowest BCUT2D eigenvalue weighted by Gasteiger charge is -2.13. The van der Waals surface area contributed by atoms with Gasteiger partial charge in [0.2, 0.25) is 0 Å². The zero-order valence-electron chi connectivity index (χ0n) is 11.2. The van der Waals surface area contributed by atoms with Crippen molar-refractivity contribution >= 4 is 28.5 Å². The summed E-state index contributed by atoms with van der Waals surface area (Å²) in [6.07, 6.45) is -1.05. The van der Waals surface area contributed by atoms with Gasteiger partial charge in [0.05, 0.1) is 5.02 Å². The van der Waals surface area contributed by atoms with Crippen LogP contribution in [-0.2, 0) is 4.79 Å².